The Bertz CT molecular complexity index is 1040. The number of methoxy groups -OCH3 is 1. The second-order valence-electron chi connectivity index (χ2n) is 6.25. The Morgan fingerprint density at radius 2 is 2.15 bits per heavy atom. The molecule has 0 saturated heterocycles. The highest BCUT2D eigenvalue weighted by atomic mass is 35.5. The summed E-state index contributed by atoms with van der Waals surface area (Å²) in [7, 11) is 1.44. The highest BCUT2D eigenvalue weighted by Crippen LogP contribution is 2.42. The summed E-state index contributed by atoms with van der Waals surface area (Å²) in [6.07, 6.45) is 3.58. The second kappa shape index (κ2) is 6.79. The lowest BCUT2D eigenvalue weighted by atomic mass is 9.86. The van der Waals surface area contributed by atoms with Gasteiger partial charge in [-0.2, -0.15) is 0 Å². The van der Waals surface area contributed by atoms with E-state index in [-0.39, 0.29) is 23.8 Å². The number of carbonyl (C=O) groups is 1. The fourth-order valence-electron chi connectivity index (χ4n) is 3.38. The van der Waals surface area contributed by atoms with Gasteiger partial charge in [-0.05, 0) is 6.07 Å². The molecule has 4 rings (SSSR count). The molecule has 1 aromatic heterocycles. The number of amides is 1. The molecule has 27 heavy (non-hydrogen) atoms. The van der Waals surface area contributed by atoms with Gasteiger partial charge >= 0.3 is 0 Å². The summed E-state index contributed by atoms with van der Waals surface area (Å²) in [5, 5.41) is 4.57. The van der Waals surface area contributed by atoms with Crippen LogP contribution in [0.5, 0.6) is 5.75 Å². The summed E-state index contributed by atoms with van der Waals surface area (Å²) in [4.78, 5) is 17.4. The van der Waals surface area contributed by atoms with Crippen LogP contribution in [0.25, 0.3) is 10.8 Å². The zero-order valence-corrected chi connectivity index (χ0v) is 15.2. The van der Waals surface area contributed by atoms with E-state index in [1.165, 1.54) is 19.2 Å². The Morgan fingerprint density at radius 1 is 1.33 bits per heavy atom. The minimum atomic E-state index is -1.35. The molecule has 0 fully saturated rings. The zero-order chi connectivity index (χ0) is 19.0. The number of nitrogens with one attached hydrogen (secondary N) is 1. The van der Waals surface area contributed by atoms with Crippen LogP contribution in [0, 0.1) is 5.82 Å². The largest absolute Gasteiger partial charge is 0.493 e. The molecule has 2 aromatic carbocycles. The second-order valence-corrected chi connectivity index (χ2v) is 6.66. The lowest BCUT2D eigenvalue weighted by molar-refractivity contribution is -0.142. The third kappa shape index (κ3) is 2.91. The number of fused-ring (bicyclic) bond motifs is 2. The maximum Gasteiger partial charge on any atom is 0.261 e. The molecule has 1 atom stereocenters. The van der Waals surface area contributed by atoms with Crippen LogP contribution >= 0.6 is 11.6 Å². The van der Waals surface area contributed by atoms with Gasteiger partial charge in [-0.1, -0.05) is 35.9 Å². The van der Waals surface area contributed by atoms with Gasteiger partial charge in [0.1, 0.15) is 11.6 Å². The number of benzene rings is 2. The Hall–Kier alpha value is -2.70. The lowest BCUT2D eigenvalue weighted by Gasteiger charge is -2.36. The fraction of sp³-hybridized carbons (Fsp3) is 0.200. The van der Waals surface area contributed by atoms with Crippen LogP contribution in [-0.4, -0.2) is 24.6 Å². The minimum absolute atomic E-state index is 0.0969. The number of nitrogens with zero attached hydrogens (tertiary/aromatic N) is 1. The molecule has 1 aliphatic rings. The molecule has 0 spiro atoms. The molecule has 1 amide bonds. The quantitative estimate of drug-likeness (QED) is 0.729. The molecule has 5 nitrogen and oxygen atoms in total. The van der Waals surface area contributed by atoms with Gasteiger partial charge in [0.05, 0.1) is 23.5 Å². The lowest BCUT2D eigenvalue weighted by Crippen LogP contribution is -2.45. The smallest absolute Gasteiger partial charge is 0.261 e. The van der Waals surface area contributed by atoms with Crippen LogP contribution in [0.2, 0.25) is 5.02 Å². The monoisotopic (exact) mass is 386 g/mol. The van der Waals surface area contributed by atoms with Gasteiger partial charge in [-0.25, -0.2) is 4.39 Å². The fourth-order valence-corrected chi connectivity index (χ4v) is 3.55. The summed E-state index contributed by atoms with van der Waals surface area (Å²) in [6, 6.07) is 10.2. The van der Waals surface area contributed by atoms with E-state index in [4.69, 9.17) is 21.1 Å². The van der Waals surface area contributed by atoms with E-state index in [1.807, 2.05) is 24.3 Å². The number of ether oxygens (including phenoxy) is 2. The SMILES string of the molecule is COC1(C(=O)Nc2cncc3ccccc23)CCOc2cc(F)c(Cl)cc21. The minimum Gasteiger partial charge on any atom is -0.493 e. The van der Waals surface area contributed by atoms with E-state index in [2.05, 4.69) is 10.3 Å². The summed E-state index contributed by atoms with van der Waals surface area (Å²) < 4.78 is 25.0. The number of pyridine rings is 1. The summed E-state index contributed by atoms with van der Waals surface area (Å²) in [6.45, 7) is 0.211. The summed E-state index contributed by atoms with van der Waals surface area (Å²) in [5.74, 6) is -0.757. The van der Waals surface area contributed by atoms with Gasteiger partial charge in [-0.3, -0.25) is 9.78 Å². The first-order valence-electron chi connectivity index (χ1n) is 8.37. The summed E-state index contributed by atoms with van der Waals surface area (Å²) >= 11 is 5.95. The van der Waals surface area contributed by atoms with Crippen LogP contribution < -0.4 is 10.1 Å². The molecule has 7 heteroatoms. The van der Waals surface area contributed by atoms with Gasteiger partial charge in [0.15, 0.2) is 5.60 Å². The third-order valence-corrected chi connectivity index (χ3v) is 5.09. The molecule has 138 valence electrons. The first-order valence-corrected chi connectivity index (χ1v) is 8.74. The van der Waals surface area contributed by atoms with E-state index in [0.29, 0.717) is 11.3 Å². The maximum absolute atomic E-state index is 13.8. The van der Waals surface area contributed by atoms with Gasteiger partial charge < -0.3 is 14.8 Å². The van der Waals surface area contributed by atoms with Crippen LogP contribution in [-0.2, 0) is 15.1 Å². The average molecular weight is 387 g/mol. The first kappa shape index (κ1) is 17.7. The van der Waals surface area contributed by atoms with Crippen molar-refractivity contribution in [2.75, 3.05) is 19.0 Å². The Labute approximate surface area is 160 Å². The van der Waals surface area contributed by atoms with Crippen molar-refractivity contribution in [3.05, 3.63) is 65.2 Å². The van der Waals surface area contributed by atoms with E-state index in [9.17, 15) is 9.18 Å². The molecular formula is C20H16ClFN2O3. The van der Waals surface area contributed by atoms with Gasteiger partial charge in [0.25, 0.3) is 5.91 Å². The van der Waals surface area contributed by atoms with Crippen LogP contribution in [0.15, 0.2) is 48.8 Å². The Kier molecular flexibility index (Phi) is 4.45. The number of rotatable bonds is 3. The van der Waals surface area contributed by atoms with Crippen molar-refractivity contribution in [2.45, 2.75) is 12.0 Å². The topological polar surface area (TPSA) is 60.5 Å². The third-order valence-electron chi connectivity index (χ3n) is 4.80. The molecule has 0 bridgehead atoms. The van der Waals surface area contributed by atoms with E-state index in [0.717, 1.165) is 10.8 Å². The van der Waals surface area contributed by atoms with E-state index in [1.54, 1.807) is 12.4 Å². The van der Waals surface area contributed by atoms with Crippen molar-refractivity contribution in [3.63, 3.8) is 0 Å². The van der Waals surface area contributed by atoms with Crippen molar-refractivity contribution in [3.8, 4) is 5.75 Å². The normalized spacial score (nSPS) is 18.6. The molecule has 1 aliphatic heterocycles. The van der Waals surface area contributed by atoms with Gasteiger partial charge in [0, 0.05) is 42.1 Å². The molecule has 1 unspecified atom stereocenters. The number of hydrogen-bond acceptors (Lipinski definition) is 4. The van der Waals surface area contributed by atoms with Gasteiger partial charge in [0.2, 0.25) is 0 Å². The first-order chi connectivity index (χ1) is 13.0. The Balaban J connectivity index is 1.77. The Morgan fingerprint density at radius 3 is 2.96 bits per heavy atom. The number of halogens is 2. The van der Waals surface area contributed by atoms with Crippen LogP contribution in [0.3, 0.4) is 0 Å². The predicted octanol–water partition coefficient (Wildman–Crippen LogP) is 4.29. The number of carbonyl (C=O) groups excluding carboxylic acids is 1. The molecular weight excluding hydrogens is 371 g/mol. The molecule has 2 heterocycles. The van der Waals surface area contributed by atoms with Crippen LogP contribution in [0.4, 0.5) is 10.1 Å². The van der Waals surface area contributed by atoms with E-state index < -0.39 is 17.3 Å². The molecule has 3 aromatic rings. The average Bonchev–Trinajstić information content (AvgIpc) is 2.69. The number of hydrogen-bond donors (Lipinski definition) is 1. The molecule has 0 aliphatic carbocycles. The van der Waals surface area contributed by atoms with Crippen LogP contribution in [0.1, 0.15) is 12.0 Å². The van der Waals surface area contributed by atoms with Crippen molar-refractivity contribution >= 4 is 34.0 Å². The van der Waals surface area contributed by atoms with Crippen molar-refractivity contribution in [2.24, 2.45) is 0 Å². The van der Waals surface area contributed by atoms with Crippen molar-refractivity contribution in [1.82, 2.24) is 4.98 Å². The standard InChI is InChI=1S/C20H16ClFN2O3/c1-26-20(6-7-27-18-9-16(22)15(21)8-14(18)20)19(25)24-17-11-23-10-12-4-2-3-5-13(12)17/h2-5,8-11H,6-7H2,1H3,(H,24,25). The highest BCUT2D eigenvalue weighted by Gasteiger charge is 2.45. The summed E-state index contributed by atoms with van der Waals surface area (Å²) in [5.41, 5.74) is -0.383. The zero-order valence-electron chi connectivity index (χ0n) is 14.5. The molecule has 0 radical (unpaired) electrons. The highest BCUT2D eigenvalue weighted by molar-refractivity contribution is 6.31. The molecule has 1 N–H and O–H groups in total. The maximum atomic E-state index is 13.8. The number of anilines is 1. The van der Waals surface area contributed by atoms with Crippen molar-refractivity contribution in [1.29, 1.82) is 0 Å². The van der Waals surface area contributed by atoms with Gasteiger partial charge in [-0.15, -0.1) is 0 Å². The number of aromatic nitrogens is 1. The predicted molar refractivity (Wildman–Crippen MR) is 101 cm³/mol. The molecule has 0 saturated carbocycles. The van der Waals surface area contributed by atoms with Crippen molar-refractivity contribution < 1.29 is 18.7 Å². The van der Waals surface area contributed by atoms with E-state index >= 15 is 0 Å².